The Kier molecular flexibility index (Phi) is 7.75. The van der Waals surface area contributed by atoms with Gasteiger partial charge in [0.15, 0.2) is 0 Å². The number of carbonyl (C=O) groups excluding carboxylic acids is 1. The first-order valence-corrected chi connectivity index (χ1v) is 10.1. The number of halogens is 2. The normalized spacial score (nSPS) is 11.7. The summed E-state index contributed by atoms with van der Waals surface area (Å²) in [5.41, 5.74) is 0.653. The van der Waals surface area contributed by atoms with Gasteiger partial charge < -0.3 is 19.7 Å². The Morgan fingerprint density at radius 1 is 1.29 bits per heavy atom. The molecular formula is C20H30Cl2N5O+. The van der Waals surface area contributed by atoms with E-state index < -0.39 is 0 Å². The molecule has 0 spiro atoms. The third kappa shape index (κ3) is 7.00. The highest BCUT2D eigenvalue weighted by Gasteiger charge is 2.22. The zero-order chi connectivity index (χ0) is 20.9. The Balaban J connectivity index is 2.17. The second kappa shape index (κ2) is 9.63. The van der Waals surface area contributed by atoms with Gasteiger partial charge in [-0.05, 0) is 38.5 Å². The Labute approximate surface area is 177 Å². The van der Waals surface area contributed by atoms with Crippen molar-refractivity contribution in [2.24, 2.45) is 0 Å². The van der Waals surface area contributed by atoms with Gasteiger partial charge in [-0.1, -0.05) is 29.3 Å². The molecule has 6 nitrogen and oxygen atoms in total. The van der Waals surface area contributed by atoms with Crippen molar-refractivity contribution in [3.05, 3.63) is 52.0 Å². The summed E-state index contributed by atoms with van der Waals surface area (Å²) in [4.78, 5) is 20.4. The highest BCUT2D eigenvalue weighted by molar-refractivity contribution is 6.35. The first-order chi connectivity index (χ1) is 13.0. The van der Waals surface area contributed by atoms with E-state index in [1.165, 1.54) is 4.90 Å². The number of hydrogen-bond donors (Lipinski definition) is 2. The molecule has 1 heterocycles. The Bertz CT molecular complexity index is 798. The number of benzene rings is 1. The molecule has 2 N–H and O–H groups in total. The van der Waals surface area contributed by atoms with Crippen molar-refractivity contribution in [2.75, 3.05) is 27.2 Å². The number of likely N-dealkylation sites (N-methyl/N-ethyl adjacent to an activating group) is 1. The van der Waals surface area contributed by atoms with Crippen LogP contribution in [0.15, 0.2) is 30.6 Å². The summed E-state index contributed by atoms with van der Waals surface area (Å²) in [6.07, 6.45) is 3.65. The minimum Gasteiger partial charge on any atom is -0.338 e. The lowest BCUT2D eigenvalue weighted by Crippen LogP contribution is -3.06. The number of imidazole rings is 1. The molecule has 1 aromatic heterocycles. The van der Waals surface area contributed by atoms with Gasteiger partial charge >= 0.3 is 6.03 Å². The van der Waals surface area contributed by atoms with Gasteiger partial charge in [-0.3, -0.25) is 0 Å². The van der Waals surface area contributed by atoms with Crippen LogP contribution in [0.1, 0.15) is 32.2 Å². The Morgan fingerprint density at radius 3 is 2.61 bits per heavy atom. The summed E-state index contributed by atoms with van der Waals surface area (Å²) in [5, 5.41) is 4.27. The molecule has 0 aliphatic heterocycles. The lowest BCUT2D eigenvalue weighted by atomic mass is 10.1. The highest BCUT2D eigenvalue weighted by atomic mass is 35.5. The summed E-state index contributed by atoms with van der Waals surface area (Å²) in [5.74, 6) is 0.809. The van der Waals surface area contributed by atoms with Crippen LogP contribution in [0.25, 0.3) is 0 Å². The lowest BCUT2D eigenvalue weighted by Gasteiger charge is -2.28. The lowest BCUT2D eigenvalue weighted by molar-refractivity contribution is -0.857. The number of rotatable bonds is 7. The van der Waals surface area contributed by atoms with E-state index in [4.69, 9.17) is 23.2 Å². The van der Waals surface area contributed by atoms with Crippen LogP contribution in [0.5, 0.6) is 0 Å². The standard InChI is InChI=1S/C20H29Cl2N5O/c1-20(2,3)24-19(28)27(11-10-25(4)5)14-18-23-8-9-26(18)13-15-6-7-16(21)12-17(15)22/h6-9,12H,10-11,13-14H2,1-5H3,(H,24,28)/p+1. The molecule has 0 aliphatic rings. The number of hydrogen-bond acceptors (Lipinski definition) is 2. The summed E-state index contributed by atoms with van der Waals surface area (Å²) in [6, 6.07) is 5.38. The van der Waals surface area contributed by atoms with Crippen molar-refractivity contribution < 1.29 is 9.69 Å². The topological polar surface area (TPSA) is 54.6 Å². The fraction of sp³-hybridized carbons (Fsp3) is 0.500. The molecule has 154 valence electrons. The number of nitrogens with one attached hydrogen (secondary N) is 2. The van der Waals surface area contributed by atoms with Crippen LogP contribution < -0.4 is 10.2 Å². The SMILES string of the molecule is C[NH+](C)CCN(Cc1nccn1Cc1ccc(Cl)cc1Cl)C(=O)NC(C)(C)C. The fourth-order valence-electron chi connectivity index (χ4n) is 2.65. The van der Waals surface area contributed by atoms with E-state index in [9.17, 15) is 4.79 Å². The smallest absolute Gasteiger partial charge is 0.318 e. The monoisotopic (exact) mass is 426 g/mol. The summed E-state index contributed by atoms with van der Waals surface area (Å²) in [7, 11) is 4.15. The van der Waals surface area contributed by atoms with Crippen LogP contribution in [0, 0.1) is 0 Å². The Hall–Kier alpha value is -1.76. The maximum absolute atomic E-state index is 12.8. The number of quaternary nitrogens is 1. The molecule has 1 aromatic carbocycles. The largest absolute Gasteiger partial charge is 0.338 e. The number of aromatic nitrogens is 2. The number of urea groups is 1. The zero-order valence-electron chi connectivity index (χ0n) is 17.2. The molecule has 0 saturated heterocycles. The molecule has 0 radical (unpaired) electrons. The van der Waals surface area contributed by atoms with E-state index >= 15 is 0 Å². The molecular weight excluding hydrogens is 397 g/mol. The van der Waals surface area contributed by atoms with Crippen molar-refractivity contribution in [2.45, 2.75) is 39.4 Å². The molecule has 0 saturated carbocycles. The maximum Gasteiger partial charge on any atom is 0.318 e. The number of nitrogens with zero attached hydrogens (tertiary/aromatic N) is 3. The molecule has 0 fully saturated rings. The van der Waals surface area contributed by atoms with Gasteiger partial charge in [0, 0.05) is 28.0 Å². The van der Waals surface area contributed by atoms with Crippen LogP contribution in [-0.4, -0.2) is 53.2 Å². The number of amides is 2. The van der Waals surface area contributed by atoms with Crippen molar-refractivity contribution in [1.82, 2.24) is 19.8 Å². The average molecular weight is 427 g/mol. The second-order valence-electron chi connectivity index (χ2n) is 8.27. The average Bonchev–Trinajstić information content (AvgIpc) is 2.99. The minimum absolute atomic E-state index is 0.0900. The molecule has 0 bridgehead atoms. The van der Waals surface area contributed by atoms with E-state index in [0.29, 0.717) is 29.7 Å². The van der Waals surface area contributed by atoms with Crippen LogP contribution in [0.4, 0.5) is 4.79 Å². The molecule has 28 heavy (non-hydrogen) atoms. The van der Waals surface area contributed by atoms with Crippen molar-refractivity contribution in [1.29, 1.82) is 0 Å². The third-order valence-electron chi connectivity index (χ3n) is 4.14. The predicted octanol–water partition coefficient (Wildman–Crippen LogP) is 2.69. The maximum atomic E-state index is 12.8. The van der Waals surface area contributed by atoms with E-state index in [1.54, 1.807) is 17.2 Å². The van der Waals surface area contributed by atoms with Gasteiger partial charge in [-0.25, -0.2) is 9.78 Å². The highest BCUT2D eigenvalue weighted by Crippen LogP contribution is 2.22. The molecule has 0 aliphatic carbocycles. The van der Waals surface area contributed by atoms with E-state index in [0.717, 1.165) is 17.9 Å². The van der Waals surface area contributed by atoms with Gasteiger partial charge in [0.1, 0.15) is 5.82 Å². The van der Waals surface area contributed by atoms with Gasteiger partial charge in [-0.15, -0.1) is 0 Å². The third-order valence-corrected chi connectivity index (χ3v) is 4.73. The van der Waals surface area contributed by atoms with Crippen LogP contribution in [0.3, 0.4) is 0 Å². The van der Waals surface area contributed by atoms with Gasteiger partial charge in [0.05, 0.1) is 40.3 Å². The van der Waals surface area contributed by atoms with E-state index in [-0.39, 0.29) is 11.6 Å². The van der Waals surface area contributed by atoms with Crippen molar-refractivity contribution >= 4 is 29.2 Å². The minimum atomic E-state index is -0.299. The predicted molar refractivity (Wildman–Crippen MR) is 114 cm³/mol. The quantitative estimate of drug-likeness (QED) is 0.714. The second-order valence-corrected chi connectivity index (χ2v) is 9.11. The van der Waals surface area contributed by atoms with Crippen molar-refractivity contribution in [3.63, 3.8) is 0 Å². The first-order valence-electron chi connectivity index (χ1n) is 9.35. The molecule has 2 aromatic rings. The number of carbonyl (C=O) groups is 1. The van der Waals surface area contributed by atoms with Crippen LogP contribution in [0.2, 0.25) is 10.0 Å². The fourth-order valence-corrected chi connectivity index (χ4v) is 3.12. The Morgan fingerprint density at radius 2 is 2.00 bits per heavy atom. The molecule has 0 unspecified atom stereocenters. The molecule has 8 heteroatoms. The summed E-state index contributed by atoms with van der Waals surface area (Å²) >= 11 is 12.3. The molecule has 2 amide bonds. The van der Waals surface area contributed by atoms with E-state index in [2.05, 4.69) is 24.4 Å². The van der Waals surface area contributed by atoms with Gasteiger partial charge in [0.2, 0.25) is 0 Å². The van der Waals surface area contributed by atoms with Crippen LogP contribution >= 0.6 is 23.2 Å². The van der Waals surface area contributed by atoms with Gasteiger partial charge in [0.25, 0.3) is 0 Å². The summed E-state index contributed by atoms with van der Waals surface area (Å²) in [6.45, 7) is 8.41. The van der Waals surface area contributed by atoms with Crippen molar-refractivity contribution in [3.8, 4) is 0 Å². The summed E-state index contributed by atoms with van der Waals surface area (Å²) < 4.78 is 2.01. The molecule has 2 rings (SSSR count). The molecule has 0 atom stereocenters. The zero-order valence-corrected chi connectivity index (χ0v) is 18.7. The first kappa shape index (κ1) is 22.5. The van der Waals surface area contributed by atoms with E-state index in [1.807, 2.05) is 43.7 Å². The van der Waals surface area contributed by atoms with Gasteiger partial charge in [-0.2, -0.15) is 0 Å². The van der Waals surface area contributed by atoms with Crippen LogP contribution in [-0.2, 0) is 13.1 Å².